The van der Waals surface area contributed by atoms with Gasteiger partial charge in [-0.05, 0) is 18.2 Å². The summed E-state index contributed by atoms with van der Waals surface area (Å²) >= 11 is 0. The van der Waals surface area contributed by atoms with Gasteiger partial charge in [0.2, 0.25) is 0 Å². The van der Waals surface area contributed by atoms with Crippen molar-refractivity contribution < 1.29 is 32.2 Å². The van der Waals surface area contributed by atoms with Gasteiger partial charge in [-0.1, -0.05) is 0 Å². The number of hydrogen-bond donors (Lipinski definition) is 1. The van der Waals surface area contributed by atoms with Crippen LogP contribution in [-0.2, 0) is 14.3 Å². The number of rotatable bonds is 2. The first-order chi connectivity index (χ1) is 9.38. The van der Waals surface area contributed by atoms with Crippen LogP contribution in [0.15, 0.2) is 18.2 Å². The third kappa shape index (κ3) is 2.90. The molecule has 1 aromatic rings. The number of benzene rings is 1. The van der Waals surface area contributed by atoms with E-state index in [1.54, 1.807) is 0 Å². The summed E-state index contributed by atoms with van der Waals surface area (Å²) in [6.07, 6.45) is -6.83. The summed E-state index contributed by atoms with van der Waals surface area (Å²) in [5.41, 5.74) is 4.47. The maximum absolute atomic E-state index is 13.7. The van der Waals surface area contributed by atoms with Gasteiger partial charge in [0.1, 0.15) is 23.8 Å². The lowest BCUT2D eigenvalue weighted by molar-refractivity contribution is -0.181. The van der Waals surface area contributed by atoms with Gasteiger partial charge in [0.05, 0.1) is 6.42 Å². The molecule has 1 aromatic carbocycles. The highest BCUT2D eigenvalue weighted by Gasteiger charge is 2.41. The van der Waals surface area contributed by atoms with Gasteiger partial charge >= 0.3 is 6.09 Å². The fourth-order valence-electron chi connectivity index (χ4n) is 1.95. The molecule has 20 heavy (non-hydrogen) atoms. The predicted octanol–water partition coefficient (Wildman–Crippen LogP) is 1.75. The van der Waals surface area contributed by atoms with Crippen LogP contribution in [0.4, 0.5) is 18.0 Å². The summed E-state index contributed by atoms with van der Waals surface area (Å²) in [4.78, 5) is 22.0. The molecule has 1 amide bonds. The van der Waals surface area contributed by atoms with Crippen molar-refractivity contribution in [2.75, 3.05) is 0 Å². The predicted molar refractivity (Wildman–Crippen MR) is 59.2 cm³/mol. The molecule has 0 spiro atoms. The maximum Gasteiger partial charge on any atom is 0.404 e. The van der Waals surface area contributed by atoms with E-state index in [4.69, 9.17) is 5.73 Å². The minimum atomic E-state index is -2.30. The van der Waals surface area contributed by atoms with Gasteiger partial charge in [-0.15, -0.1) is 0 Å². The third-order valence-corrected chi connectivity index (χ3v) is 2.79. The number of ether oxygens (including phenoxy) is 2. The highest BCUT2D eigenvalue weighted by atomic mass is 19.1. The number of Topliss-reactive ketones (excluding diaryl/α,β-unsaturated/α-hetero) is 1. The van der Waals surface area contributed by atoms with E-state index in [0.29, 0.717) is 0 Å². The second kappa shape index (κ2) is 5.49. The van der Waals surface area contributed by atoms with Crippen LogP contribution in [0, 0.1) is 11.6 Å². The molecule has 1 saturated heterocycles. The van der Waals surface area contributed by atoms with E-state index in [1.165, 1.54) is 0 Å². The highest BCUT2D eigenvalue weighted by Crippen LogP contribution is 2.34. The molecule has 8 heteroatoms. The SMILES string of the molecule is NC(=O)O[C@@H]1CC(=O)C(F)O[C@@H]1c1cc(F)ccc1F. The van der Waals surface area contributed by atoms with E-state index in [9.17, 15) is 22.8 Å². The van der Waals surface area contributed by atoms with Crippen molar-refractivity contribution in [2.45, 2.75) is 25.0 Å². The second-order valence-corrected chi connectivity index (χ2v) is 4.18. The summed E-state index contributed by atoms with van der Waals surface area (Å²) in [6.45, 7) is 0. The molecular weight excluding hydrogens is 279 g/mol. The van der Waals surface area contributed by atoms with Crippen LogP contribution in [0.25, 0.3) is 0 Å². The van der Waals surface area contributed by atoms with E-state index in [1.807, 2.05) is 0 Å². The first-order valence-corrected chi connectivity index (χ1v) is 5.61. The number of carbonyl (C=O) groups excluding carboxylic acids is 2. The Bertz CT molecular complexity index is 552. The fourth-order valence-corrected chi connectivity index (χ4v) is 1.95. The van der Waals surface area contributed by atoms with Crippen LogP contribution in [0.3, 0.4) is 0 Å². The lowest BCUT2D eigenvalue weighted by atomic mass is 9.96. The van der Waals surface area contributed by atoms with Gasteiger partial charge in [0.15, 0.2) is 5.78 Å². The van der Waals surface area contributed by atoms with E-state index in [0.717, 1.165) is 18.2 Å². The van der Waals surface area contributed by atoms with Crippen LogP contribution in [0.5, 0.6) is 0 Å². The summed E-state index contributed by atoms with van der Waals surface area (Å²) in [6, 6.07) is 2.46. The third-order valence-electron chi connectivity index (χ3n) is 2.79. The van der Waals surface area contributed by atoms with Crippen molar-refractivity contribution in [3.05, 3.63) is 35.4 Å². The Labute approximate surface area is 111 Å². The average molecular weight is 289 g/mol. The lowest BCUT2D eigenvalue weighted by Crippen LogP contribution is -2.41. The van der Waals surface area contributed by atoms with Crippen LogP contribution >= 0.6 is 0 Å². The second-order valence-electron chi connectivity index (χ2n) is 4.18. The number of hydrogen-bond acceptors (Lipinski definition) is 4. The summed E-state index contributed by atoms with van der Waals surface area (Å²) < 4.78 is 49.4. The zero-order valence-electron chi connectivity index (χ0n) is 10.0. The summed E-state index contributed by atoms with van der Waals surface area (Å²) in [5, 5.41) is 0. The van der Waals surface area contributed by atoms with Crippen LogP contribution in [-0.4, -0.2) is 24.3 Å². The molecule has 108 valence electrons. The van der Waals surface area contributed by atoms with Crippen molar-refractivity contribution in [3.63, 3.8) is 0 Å². The molecule has 0 bridgehead atoms. The molecule has 1 unspecified atom stereocenters. The van der Waals surface area contributed by atoms with E-state index in [-0.39, 0.29) is 5.56 Å². The zero-order valence-corrected chi connectivity index (χ0v) is 10.0. The van der Waals surface area contributed by atoms with Crippen molar-refractivity contribution >= 4 is 11.9 Å². The smallest absolute Gasteiger partial charge is 0.404 e. The van der Waals surface area contributed by atoms with Gasteiger partial charge in [0, 0.05) is 5.56 Å². The Morgan fingerprint density at radius 3 is 2.75 bits per heavy atom. The molecule has 5 nitrogen and oxygen atoms in total. The number of primary amides is 1. The number of ketones is 1. The van der Waals surface area contributed by atoms with Gasteiger partial charge in [-0.25, -0.2) is 18.0 Å². The molecule has 0 aromatic heterocycles. The molecule has 1 aliphatic heterocycles. The molecule has 1 fully saturated rings. The molecule has 2 N–H and O–H groups in total. The van der Waals surface area contributed by atoms with Crippen molar-refractivity contribution in [1.29, 1.82) is 0 Å². The normalized spacial score (nSPS) is 26.4. The van der Waals surface area contributed by atoms with Crippen molar-refractivity contribution in [1.82, 2.24) is 0 Å². The highest BCUT2D eigenvalue weighted by molar-refractivity contribution is 5.83. The largest absolute Gasteiger partial charge is 0.443 e. The topological polar surface area (TPSA) is 78.6 Å². The van der Waals surface area contributed by atoms with Crippen LogP contribution in [0.2, 0.25) is 0 Å². The molecule has 3 atom stereocenters. The molecule has 0 aliphatic carbocycles. The molecule has 1 heterocycles. The van der Waals surface area contributed by atoms with E-state index < -0.39 is 48.5 Å². The fraction of sp³-hybridized carbons (Fsp3) is 0.333. The molecule has 2 rings (SSSR count). The Morgan fingerprint density at radius 1 is 1.40 bits per heavy atom. The van der Waals surface area contributed by atoms with E-state index in [2.05, 4.69) is 9.47 Å². The van der Waals surface area contributed by atoms with Gasteiger partial charge in [-0.3, -0.25) is 4.79 Å². The Hall–Kier alpha value is -2.09. The van der Waals surface area contributed by atoms with Crippen molar-refractivity contribution in [2.24, 2.45) is 5.73 Å². The zero-order chi connectivity index (χ0) is 14.9. The Morgan fingerprint density at radius 2 is 2.10 bits per heavy atom. The number of nitrogens with two attached hydrogens (primary N) is 1. The Balaban J connectivity index is 2.36. The molecule has 1 aliphatic rings. The molecule has 0 saturated carbocycles. The first kappa shape index (κ1) is 14.3. The lowest BCUT2D eigenvalue weighted by Gasteiger charge is -2.32. The number of alkyl halides is 1. The van der Waals surface area contributed by atoms with Gasteiger partial charge in [-0.2, -0.15) is 0 Å². The minimum absolute atomic E-state index is 0.355. The minimum Gasteiger partial charge on any atom is -0.443 e. The van der Waals surface area contributed by atoms with Crippen LogP contribution < -0.4 is 5.73 Å². The van der Waals surface area contributed by atoms with Crippen molar-refractivity contribution in [3.8, 4) is 0 Å². The number of amides is 1. The maximum atomic E-state index is 13.7. The molecular formula is C12H10F3NO4. The van der Waals surface area contributed by atoms with Crippen LogP contribution in [0.1, 0.15) is 18.1 Å². The summed E-state index contributed by atoms with van der Waals surface area (Å²) in [7, 11) is 0. The first-order valence-electron chi connectivity index (χ1n) is 5.61. The average Bonchev–Trinajstić information content (AvgIpc) is 2.36. The number of halogens is 3. The molecule has 0 radical (unpaired) electrons. The van der Waals surface area contributed by atoms with E-state index >= 15 is 0 Å². The monoisotopic (exact) mass is 289 g/mol. The van der Waals surface area contributed by atoms with Gasteiger partial charge in [0.25, 0.3) is 6.36 Å². The number of carbonyl (C=O) groups is 2. The standard InChI is InChI=1S/C12H10F3NO4/c13-5-1-2-7(14)6(3-5)10-9(19-12(16)18)4-8(17)11(15)20-10/h1-3,9-11H,4H2,(H2,16,18)/t9-,10-,11?/m1/s1. The van der Waals surface area contributed by atoms with Gasteiger partial charge < -0.3 is 15.2 Å². The quantitative estimate of drug-likeness (QED) is 0.899. The Kier molecular flexibility index (Phi) is 3.93. The summed E-state index contributed by atoms with van der Waals surface area (Å²) in [5.74, 6) is -2.63.